The SMILES string of the molecule is CCCn1nccc1NC(=O)CN1CCN(C)CC1C. The van der Waals surface area contributed by atoms with Crippen LogP contribution in [0.5, 0.6) is 0 Å². The number of aromatic nitrogens is 2. The Hall–Kier alpha value is -1.40. The maximum absolute atomic E-state index is 12.2. The lowest BCUT2D eigenvalue weighted by molar-refractivity contribution is -0.118. The van der Waals surface area contributed by atoms with Gasteiger partial charge in [-0.2, -0.15) is 5.10 Å². The lowest BCUT2D eigenvalue weighted by Crippen LogP contribution is -2.52. The van der Waals surface area contributed by atoms with E-state index in [1.807, 2.05) is 10.7 Å². The average Bonchev–Trinajstić information content (AvgIpc) is 2.81. The normalized spacial score (nSPS) is 21.1. The van der Waals surface area contributed by atoms with Gasteiger partial charge in [0.1, 0.15) is 5.82 Å². The minimum atomic E-state index is 0.0410. The molecular weight excluding hydrogens is 254 g/mol. The monoisotopic (exact) mass is 279 g/mol. The van der Waals surface area contributed by atoms with Crippen molar-refractivity contribution >= 4 is 11.7 Å². The van der Waals surface area contributed by atoms with Crippen LogP contribution >= 0.6 is 0 Å². The Bertz CT molecular complexity index is 445. The fraction of sp³-hybridized carbons (Fsp3) is 0.714. The van der Waals surface area contributed by atoms with Gasteiger partial charge in [0.25, 0.3) is 0 Å². The second kappa shape index (κ2) is 6.85. The van der Waals surface area contributed by atoms with Crippen LogP contribution in [0.4, 0.5) is 5.82 Å². The largest absolute Gasteiger partial charge is 0.310 e. The first-order chi connectivity index (χ1) is 9.60. The second-order valence-electron chi connectivity index (χ2n) is 5.57. The van der Waals surface area contributed by atoms with E-state index in [1.54, 1.807) is 6.20 Å². The number of anilines is 1. The van der Waals surface area contributed by atoms with Crippen LogP contribution in [-0.4, -0.2) is 64.8 Å². The zero-order valence-corrected chi connectivity index (χ0v) is 12.7. The summed E-state index contributed by atoms with van der Waals surface area (Å²) in [7, 11) is 2.12. The number of piperazine rings is 1. The molecule has 6 nitrogen and oxygen atoms in total. The number of carbonyl (C=O) groups excluding carboxylic acids is 1. The first kappa shape index (κ1) is 15.0. The molecule has 0 aromatic carbocycles. The van der Waals surface area contributed by atoms with Gasteiger partial charge in [-0.25, -0.2) is 4.68 Å². The second-order valence-corrected chi connectivity index (χ2v) is 5.57. The van der Waals surface area contributed by atoms with Gasteiger partial charge in [-0.15, -0.1) is 0 Å². The number of rotatable bonds is 5. The third-order valence-corrected chi connectivity index (χ3v) is 3.73. The summed E-state index contributed by atoms with van der Waals surface area (Å²) in [4.78, 5) is 16.7. The number of carbonyl (C=O) groups is 1. The highest BCUT2D eigenvalue weighted by Gasteiger charge is 2.23. The standard InChI is InChI=1S/C14H25N5O/c1-4-7-19-13(5-6-15-19)16-14(20)11-18-9-8-17(3)10-12(18)2/h5-6,12H,4,7-11H2,1-3H3,(H,16,20). The zero-order chi connectivity index (χ0) is 14.5. The molecule has 6 heteroatoms. The van der Waals surface area contributed by atoms with E-state index < -0.39 is 0 Å². The molecule has 0 saturated carbocycles. The van der Waals surface area contributed by atoms with Crippen molar-refractivity contribution in [1.82, 2.24) is 19.6 Å². The number of hydrogen-bond donors (Lipinski definition) is 1. The van der Waals surface area contributed by atoms with Gasteiger partial charge in [0.2, 0.25) is 5.91 Å². The van der Waals surface area contributed by atoms with Crippen molar-refractivity contribution in [3.63, 3.8) is 0 Å². The fourth-order valence-electron chi connectivity index (χ4n) is 2.61. The van der Waals surface area contributed by atoms with Crippen LogP contribution < -0.4 is 5.32 Å². The van der Waals surface area contributed by atoms with Gasteiger partial charge in [0.15, 0.2) is 0 Å². The van der Waals surface area contributed by atoms with E-state index in [0.717, 1.165) is 38.4 Å². The molecule has 20 heavy (non-hydrogen) atoms. The topological polar surface area (TPSA) is 53.4 Å². The molecule has 1 aromatic heterocycles. The summed E-state index contributed by atoms with van der Waals surface area (Å²) in [5.41, 5.74) is 0. The molecule has 1 amide bonds. The molecule has 1 unspecified atom stereocenters. The number of likely N-dealkylation sites (N-methyl/N-ethyl adjacent to an activating group) is 1. The van der Waals surface area contributed by atoms with Crippen molar-refractivity contribution in [1.29, 1.82) is 0 Å². The van der Waals surface area contributed by atoms with Crippen molar-refractivity contribution in [2.24, 2.45) is 0 Å². The molecule has 112 valence electrons. The third kappa shape index (κ3) is 3.80. The van der Waals surface area contributed by atoms with E-state index in [1.165, 1.54) is 0 Å². The Morgan fingerprint density at radius 1 is 1.50 bits per heavy atom. The Morgan fingerprint density at radius 2 is 2.30 bits per heavy atom. The van der Waals surface area contributed by atoms with Crippen molar-refractivity contribution < 1.29 is 4.79 Å². The Morgan fingerprint density at radius 3 is 3.00 bits per heavy atom. The summed E-state index contributed by atoms with van der Waals surface area (Å²) < 4.78 is 1.84. The Balaban J connectivity index is 1.87. The minimum absolute atomic E-state index is 0.0410. The fourth-order valence-corrected chi connectivity index (χ4v) is 2.61. The van der Waals surface area contributed by atoms with Gasteiger partial charge < -0.3 is 10.2 Å². The van der Waals surface area contributed by atoms with Gasteiger partial charge in [0, 0.05) is 38.3 Å². The highest BCUT2D eigenvalue weighted by atomic mass is 16.2. The van der Waals surface area contributed by atoms with Crippen LogP contribution in [0.3, 0.4) is 0 Å². The maximum Gasteiger partial charge on any atom is 0.239 e. The molecular formula is C14H25N5O. The first-order valence-electron chi connectivity index (χ1n) is 7.34. The molecule has 0 aliphatic carbocycles. The molecule has 0 bridgehead atoms. The van der Waals surface area contributed by atoms with Crippen LogP contribution in [-0.2, 0) is 11.3 Å². The highest BCUT2D eigenvalue weighted by molar-refractivity contribution is 5.91. The van der Waals surface area contributed by atoms with Crippen LogP contribution in [0.1, 0.15) is 20.3 Å². The van der Waals surface area contributed by atoms with Crippen LogP contribution in [0.2, 0.25) is 0 Å². The molecule has 0 radical (unpaired) electrons. The zero-order valence-electron chi connectivity index (χ0n) is 12.7. The van der Waals surface area contributed by atoms with Crippen molar-refractivity contribution in [2.75, 3.05) is 38.5 Å². The smallest absolute Gasteiger partial charge is 0.239 e. The Kier molecular flexibility index (Phi) is 5.14. The molecule has 1 aromatic rings. The lowest BCUT2D eigenvalue weighted by atomic mass is 10.2. The molecule has 1 saturated heterocycles. The van der Waals surface area contributed by atoms with Crippen molar-refractivity contribution in [3.05, 3.63) is 12.3 Å². The lowest BCUT2D eigenvalue weighted by Gasteiger charge is -2.37. The summed E-state index contributed by atoms with van der Waals surface area (Å²) in [5.74, 6) is 0.831. The summed E-state index contributed by atoms with van der Waals surface area (Å²) in [5, 5.41) is 7.17. The van der Waals surface area contributed by atoms with Gasteiger partial charge in [-0.05, 0) is 20.4 Å². The molecule has 1 aliphatic rings. The predicted octanol–water partition coefficient (Wildman–Crippen LogP) is 0.868. The van der Waals surface area contributed by atoms with E-state index in [4.69, 9.17) is 0 Å². The van der Waals surface area contributed by atoms with E-state index in [-0.39, 0.29) is 5.91 Å². The summed E-state index contributed by atoms with van der Waals surface area (Å²) >= 11 is 0. The van der Waals surface area contributed by atoms with E-state index in [9.17, 15) is 4.79 Å². The Labute approximate surface area is 120 Å². The predicted molar refractivity (Wildman–Crippen MR) is 79.7 cm³/mol. The maximum atomic E-state index is 12.2. The number of hydrogen-bond acceptors (Lipinski definition) is 4. The van der Waals surface area contributed by atoms with Gasteiger partial charge in [0.05, 0.1) is 12.7 Å². The summed E-state index contributed by atoms with van der Waals surface area (Å²) in [6.45, 7) is 8.52. The molecule has 1 fully saturated rings. The highest BCUT2D eigenvalue weighted by Crippen LogP contribution is 2.10. The molecule has 2 rings (SSSR count). The van der Waals surface area contributed by atoms with Gasteiger partial charge >= 0.3 is 0 Å². The average molecular weight is 279 g/mol. The van der Waals surface area contributed by atoms with E-state index in [0.29, 0.717) is 12.6 Å². The van der Waals surface area contributed by atoms with Gasteiger partial charge in [-0.3, -0.25) is 9.69 Å². The van der Waals surface area contributed by atoms with Crippen LogP contribution in [0, 0.1) is 0 Å². The third-order valence-electron chi connectivity index (χ3n) is 3.73. The summed E-state index contributed by atoms with van der Waals surface area (Å²) in [6, 6.07) is 2.26. The number of amides is 1. The van der Waals surface area contributed by atoms with Crippen LogP contribution in [0.15, 0.2) is 12.3 Å². The number of nitrogens with zero attached hydrogens (tertiary/aromatic N) is 4. The van der Waals surface area contributed by atoms with Crippen molar-refractivity contribution in [2.45, 2.75) is 32.9 Å². The minimum Gasteiger partial charge on any atom is -0.310 e. The quantitative estimate of drug-likeness (QED) is 0.869. The van der Waals surface area contributed by atoms with Crippen LogP contribution in [0.25, 0.3) is 0 Å². The number of aryl methyl sites for hydroxylation is 1. The van der Waals surface area contributed by atoms with Crippen molar-refractivity contribution in [3.8, 4) is 0 Å². The molecule has 1 N–H and O–H groups in total. The van der Waals surface area contributed by atoms with E-state index in [2.05, 4.69) is 41.1 Å². The molecule has 0 spiro atoms. The first-order valence-corrected chi connectivity index (χ1v) is 7.34. The number of nitrogens with one attached hydrogen (secondary N) is 1. The summed E-state index contributed by atoms with van der Waals surface area (Å²) in [6.07, 6.45) is 2.73. The molecule has 1 aliphatic heterocycles. The van der Waals surface area contributed by atoms with E-state index >= 15 is 0 Å². The molecule has 2 heterocycles. The molecule has 1 atom stereocenters. The van der Waals surface area contributed by atoms with Gasteiger partial charge in [-0.1, -0.05) is 6.92 Å².